The number of carbonyl (C=O) groups excluding carboxylic acids is 1. The molecule has 0 rings (SSSR count). The quantitative estimate of drug-likeness (QED) is 0.561. The van der Waals surface area contributed by atoms with E-state index in [1.165, 1.54) is 0 Å². The van der Waals surface area contributed by atoms with Crippen LogP contribution in [0.3, 0.4) is 0 Å². The van der Waals surface area contributed by atoms with Crippen molar-refractivity contribution in [2.24, 2.45) is 0 Å². The van der Waals surface area contributed by atoms with Gasteiger partial charge in [0.25, 0.3) is 0 Å². The number of aldehydes is 1. The van der Waals surface area contributed by atoms with Crippen molar-refractivity contribution in [3.05, 3.63) is 0 Å². The minimum absolute atomic E-state index is 0.0668. The zero-order chi connectivity index (χ0) is 8.20. The van der Waals surface area contributed by atoms with Gasteiger partial charge in [0.05, 0.1) is 13.2 Å². The van der Waals surface area contributed by atoms with Crippen molar-refractivity contribution in [2.75, 3.05) is 20.2 Å². The summed E-state index contributed by atoms with van der Waals surface area (Å²) in [5.41, 5.74) is -0.291. The first kappa shape index (κ1) is 9.59. The molecule has 0 unspecified atom stereocenters. The van der Waals surface area contributed by atoms with E-state index in [-0.39, 0.29) is 12.1 Å². The molecule has 0 aromatic rings. The van der Waals surface area contributed by atoms with Crippen molar-refractivity contribution in [1.29, 1.82) is 0 Å². The predicted octanol–water partition coefficient (Wildman–Crippen LogP) is -0.112. The molecule has 3 heteroatoms. The summed E-state index contributed by atoms with van der Waals surface area (Å²) in [6, 6.07) is 0. The molecule has 0 spiro atoms. The summed E-state index contributed by atoms with van der Waals surface area (Å²) < 4.78 is 0. The molecule has 0 radical (unpaired) electrons. The van der Waals surface area contributed by atoms with Crippen molar-refractivity contribution in [1.82, 2.24) is 4.90 Å². The van der Waals surface area contributed by atoms with Gasteiger partial charge in [-0.25, -0.2) is 0 Å². The lowest BCUT2D eigenvalue weighted by molar-refractivity contribution is -0.110. The average Bonchev–Trinajstić information content (AvgIpc) is 1.89. The van der Waals surface area contributed by atoms with Gasteiger partial charge in [-0.3, -0.25) is 4.90 Å². The van der Waals surface area contributed by atoms with E-state index in [4.69, 9.17) is 5.11 Å². The lowest BCUT2D eigenvalue weighted by atomic mass is 10.1. The van der Waals surface area contributed by atoms with E-state index in [0.717, 1.165) is 6.29 Å². The second kappa shape index (κ2) is 3.68. The molecule has 0 aliphatic carbocycles. The van der Waals surface area contributed by atoms with Crippen LogP contribution in [0.15, 0.2) is 0 Å². The molecule has 10 heavy (non-hydrogen) atoms. The van der Waals surface area contributed by atoms with E-state index in [9.17, 15) is 4.79 Å². The molecule has 1 N–H and O–H groups in total. The van der Waals surface area contributed by atoms with Crippen molar-refractivity contribution >= 4 is 6.29 Å². The standard InChI is InChI=1S/C7H15NO2/c1-7(2,6-10)8(3)4-5-9/h5,10H,4,6H2,1-3H3. The fourth-order valence-electron chi connectivity index (χ4n) is 0.480. The molecule has 3 nitrogen and oxygen atoms in total. The van der Waals surface area contributed by atoms with Crippen LogP contribution >= 0.6 is 0 Å². The van der Waals surface area contributed by atoms with Crippen LogP contribution in [0.5, 0.6) is 0 Å². The van der Waals surface area contributed by atoms with E-state index in [0.29, 0.717) is 6.54 Å². The second-order valence-electron chi connectivity index (χ2n) is 3.02. The van der Waals surface area contributed by atoms with Crippen LogP contribution in [0.25, 0.3) is 0 Å². The molecule has 0 aromatic carbocycles. The van der Waals surface area contributed by atoms with Crippen LogP contribution in [0.4, 0.5) is 0 Å². The van der Waals surface area contributed by atoms with Gasteiger partial charge >= 0.3 is 0 Å². The Hall–Kier alpha value is -0.410. The maximum atomic E-state index is 10.1. The van der Waals surface area contributed by atoms with Gasteiger partial charge in [0.1, 0.15) is 6.29 Å². The number of hydrogen-bond donors (Lipinski definition) is 1. The minimum atomic E-state index is -0.291. The normalized spacial score (nSPS) is 12.1. The molecule has 60 valence electrons. The summed E-state index contributed by atoms with van der Waals surface area (Å²) in [4.78, 5) is 11.9. The number of nitrogens with zero attached hydrogens (tertiary/aromatic N) is 1. The number of aliphatic hydroxyl groups excluding tert-OH is 1. The fraction of sp³-hybridized carbons (Fsp3) is 0.857. The largest absolute Gasteiger partial charge is 0.394 e. The minimum Gasteiger partial charge on any atom is -0.394 e. The smallest absolute Gasteiger partial charge is 0.133 e. The third kappa shape index (κ3) is 2.45. The fourth-order valence-corrected chi connectivity index (χ4v) is 0.480. The summed E-state index contributed by atoms with van der Waals surface area (Å²) >= 11 is 0. The van der Waals surface area contributed by atoms with Crippen LogP contribution in [0.2, 0.25) is 0 Å². The highest BCUT2D eigenvalue weighted by Crippen LogP contribution is 2.08. The van der Waals surface area contributed by atoms with E-state index in [1.54, 1.807) is 4.90 Å². The van der Waals surface area contributed by atoms with Gasteiger partial charge in [-0.1, -0.05) is 0 Å². The number of likely N-dealkylation sites (N-methyl/N-ethyl adjacent to an activating group) is 1. The van der Waals surface area contributed by atoms with Gasteiger partial charge in [-0.2, -0.15) is 0 Å². The van der Waals surface area contributed by atoms with Gasteiger partial charge in [-0.15, -0.1) is 0 Å². The van der Waals surface area contributed by atoms with E-state index >= 15 is 0 Å². The third-order valence-electron chi connectivity index (χ3n) is 1.77. The van der Waals surface area contributed by atoms with Crippen LogP contribution in [-0.4, -0.2) is 42.0 Å². The Kier molecular flexibility index (Phi) is 3.53. The first-order chi connectivity index (χ1) is 4.54. The summed E-state index contributed by atoms with van der Waals surface area (Å²) in [5.74, 6) is 0. The van der Waals surface area contributed by atoms with Crippen molar-refractivity contribution in [3.8, 4) is 0 Å². The number of rotatable bonds is 4. The topological polar surface area (TPSA) is 40.5 Å². The Morgan fingerprint density at radius 1 is 1.60 bits per heavy atom. The molecule has 0 heterocycles. The lowest BCUT2D eigenvalue weighted by Crippen LogP contribution is -2.44. The van der Waals surface area contributed by atoms with Crippen LogP contribution in [0.1, 0.15) is 13.8 Å². The molecule has 0 bridgehead atoms. The Morgan fingerprint density at radius 3 is 2.40 bits per heavy atom. The molecule has 0 saturated heterocycles. The molecular formula is C7H15NO2. The first-order valence-electron chi connectivity index (χ1n) is 3.30. The van der Waals surface area contributed by atoms with Crippen LogP contribution < -0.4 is 0 Å². The summed E-state index contributed by atoms with van der Waals surface area (Å²) in [6.45, 7) is 4.21. The van der Waals surface area contributed by atoms with E-state index in [2.05, 4.69) is 0 Å². The van der Waals surface area contributed by atoms with Gasteiger partial charge in [-0.05, 0) is 20.9 Å². The SMILES string of the molecule is CN(CC=O)C(C)(C)CO. The van der Waals surface area contributed by atoms with Crippen molar-refractivity contribution in [3.63, 3.8) is 0 Å². The van der Waals surface area contributed by atoms with Crippen LogP contribution in [0, 0.1) is 0 Å². The van der Waals surface area contributed by atoms with Gasteiger partial charge in [0.15, 0.2) is 0 Å². The number of hydrogen-bond acceptors (Lipinski definition) is 3. The Balaban J connectivity index is 3.89. The molecule has 0 saturated carbocycles. The first-order valence-corrected chi connectivity index (χ1v) is 3.30. The summed E-state index contributed by atoms with van der Waals surface area (Å²) in [6.07, 6.45) is 0.831. The van der Waals surface area contributed by atoms with Crippen molar-refractivity contribution < 1.29 is 9.90 Å². The second-order valence-corrected chi connectivity index (χ2v) is 3.02. The Morgan fingerprint density at radius 2 is 2.10 bits per heavy atom. The molecule has 0 aliphatic heterocycles. The monoisotopic (exact) mass is 145 g/mol. The number of aliphatic hydroxyl groups is 1. The van der Waals surface area contributed by atoms with E-state index in [1.807, 2.05) is 20.9 Å². The molecular weight excluding hydrogens is 130 g/mol. The highest BCUT2D eigenvalue weighted by molar-refractivity contribution is 5.52. The summed E-state index contributed by atoms with van der Waals surface area (Å²) in [5, 5.41) is 8.83. The Labute approximate surface area is 61.6 Å². The summed E-state index contributed by atoms with van der Waals surface area (Å²) in [7, 11) is 1.81. The zero-order valence-corrected chi connectivity index (χ0v) is 6.79. The molecule has 0 atom stereocenters. The number of carbonyl (C=O) groups is 1. The van der Waals surface area contributed by atoms with Crippen molar-refractivity contribution in [2.45, 2.75) is 19.4 Å². The maximum absolute atomic E-state index is 10.1. The molecule has 0 aromatic heterocycles. The predicted molar refractivity (Wildman–Crippen MR) is 39.9 cm³/mol. The zero-order valence-electron chi connectivity index (χ0n) is 6.79. The highest BCUT2D eigenvalue weighted by Gasteiger charge is 2.21. The van der Waals surface area contributed by atoms with Gasteiger partial charge in [0.2, 0.25) is 0 Å². The maximum Gasteiger partial charge on any atom is 0.133 e. The van der Waals surface area contributed by atoms with Gasteiger partial charge < -0.3 is 9.90 Å². The average molecular weight is 145 g/mol. The van der Waals surface area contributed by atoms with E-state index < -0.39 is 0 Å². The van der Waals surface area contributed by atoms with Crippen LogP contribution in [-0.2, 0) is 4.79 Å². The highest BCUT2D eigenvalue weighted by atomic mass is 16.3. The molecule has 0 aliphatic rings. The van der Waals surface area contributed by atoms with Gasteiger partial charge in [0, 0.05) is 5.54 Å². The third-order valence-corrected chi connectivity index (χ3v) is 1.77. The molecule has 0 fully saturated rings. The Bertz CT molecular complexity index is 112. The molecule has 0 amide bonds. The lowest BCUT2D eigenvalue weighted by Gasteiger charge is -2.32.